The number of fused-ring (bicyclic) bond motifs is 1. The third-order valence-electron chi connectivity index (χ3n) is 7.34. The normalized spacial score (nSPS) is 14.2. The summed E-state index contributed by atoms with van der Waals surface area (Å²) in [7, 11) is 0. The predicted molar refractivity (Wildman–Crippen MR) is 191 cm³/mol. The van der Waals surface area contributed by atoms with Gasteiger partial charge in [-0.2, -0.15) is 0 Å². The average molecular weight is 733 g/mol. The Morgan fingerprint density at radius 2 is 1.54 bits per heavy atom. The highest BCUT2D eigenvalue weighted by atomic mass is 16.6. The van der Waals surface area contributed by atoms with Gasteiger partial charge in [-0.1, -0.05) is 32.0 Å². The minimum atomic E-state index is -1.65. The molecule has 1 aromatic carbocycles. The number of carbonyl (C=O) groups is 5. The average Bonchev–Trinajstić information content (AvgIpc) is 3.04. The Kier molecular flexibility index (Phi) is 16.5. The van der Waals surface area contributed by atoms with Crippen LogP contribution in [0.5, 0.6) is 0 Å². The summed E-state index contributed by atoms with van der Waals surface area (Å²) in [5.41, 5.74) is 9.79. The van der Waals surface area contributed by atoms with E-state index in [0.29, 0.717) is 11.0 Å². The van der Waals surface area contributed by atoms with E-state index in [2.05, 4.69) is 31.6 Å². The number of nitrogens with zero attached hydrogens (tertiary/aromatic N) is 1. The minimum absolute atomic E-state index is 0.0123. The van der Waals surface area contributed by atoms with Crippen LogP contribution in [0.3, 0.4) is 0 Å². The summed E-state index contributed by atoms with van der Waals surface area (Å²) in [5.74, 6) is -3.74. The van der Waals surface area contributed by atoms with Crippen molar-refractivity contribution in [3.05, 3.63) is 46.3 Å². The molecule has 0 aliphatic carbocycles. The number of alkyl carbamates (subject to hydrolysis) is 1. The van der Waals surface area contributed by atoms with E-state index in [1.165, 1.54) is 6.92 Å². The number of guanidine groups is 1. The largest absolute Gasteiger partial charge is 0.444 e. The number of aliphatic hydroxyl groups is 2. The molecule has 0 radical (unpaired) electrons. The number of amides is 5. The zero-order valence-corrected chi connectivity index (χ0v) is 30.4. The Balaban J connectivity index is 2.19. The molecule has 2 rings (SSSR count). The lowest BCUT2D eigenvalue weighted by Crippen LogP contribution is -2.61. The molecule has 0 aliphatic heterocycles. The Morgan fingerprint density at radius 1 is 0.904 bits per heavy atom. The van der Waals surface area contributed by atoms with Crippen molar-refractivity contribution in [2.75, 3.05) is 13.2 Å². The topological polar surface area (TPSA) is 290 Å². The molecule has 2 aromatic rings. The van der Waals surface area contributed by atoms with Crippen molar-refractivity contribution in [2.24, 2.45) is 22.4 Å². The van der Waals surface area contributed by atoms with Gasteiger partial charge in [0.25, 0.3) is 0 Å². The highest BCUT2D eigenvalue weighted by molar-refractivity contribution is 5.95. The summed E-state index contributed by atoms with van der Waals surface area (Å²) in [6, 6.07) is 2.79. The van der Waals surface area contributed by atoms with Crippen LogP contribution in [0.4, 0.5) is 4.79 Å². The summed E-state index contributed by atoms with van der Waals surface area (Å²) in [5, 5.41) is 33.3. The number of carbonyl (C=O) groups excluding carboxylic acids is 5. The van der Waals surface area contributed by atoms with E-state index in [9.17, 15) is 39.0 Å². The first kappa shape index (κ1) is 42.9. The number of aliphatic imine (C=N–C) groups is 1. The van der Waals surface area contributed by atoms with Crippen LogP contribution in [0.1, 0.15) is 66.4 Å². The lowest BCUT2D eigenvalue weighted by Gasteiger charge is -2.27. The number of benzene rings is 1. The van der Waals surface area contributed by atoms with E-state index in [0.717, 1.165) is 0 Å². The fourth-order valence-electron chi connectivity index (χ4n) is 4.85. The van der Waals surface area contributed by atoms with Crippen molar-refractivity contribution < 1.29 is 43.3 Å². The highest BCUT2D eigenvalue weighted by Crippen LogP contribution is 2.13. The van der Waals surface area contributed by atoms with Crippen LogP contribution >= 0.6 is 0 Å². The lowest BCUT2D eigenvalue weighted by molar-refractivity contribution is -0.136. The van der Waals surface area contributed by atoms with Gasteiger partial charge in [0.1, 0.15) is 35.4 Å². The van der Waals surface area contributed by atoms with Crippen LogP contribution in [-0.4, -0.2) is 94.9 Å². The molecule has 0 saturated carbocycles. The summed E-state index contributed by atoms with van der Waals surface area (Å²) < 4.78 is 10.5. The molecule has 0 aliphatic rings. The number of nitrogens with two attached hydrogens (primary N) is 2. The van der Waals surface area contributed by atoms with E-state index in [1.54, 1.807) is 51.1 Å². The maximum Gasteiger partial charge on any atom is 0.408 e. The molecule has 0 saturated heterocycles. The Hall–Kier alpha value is -5.23. The third kappa shape index (κ3) is 14.6. The molecular formula is C34H52N8O10. The van der Waals surface area contributed by atoms with Crippen LogP contribution < -0.4 is 43.7 Å². The van der Waals surface area contributed by atoms with Crippen molar-refractivity contribution in [1.82, 2.24) is 26.6 Å². The van der Waals surface area contributed by atoms with E-state index in [4.69, 9.17) is 20.6 Å². The highest BCUT2D eigenvalue weighted by Gasteiger charge is 2.34. The standard InChI is InChI=1S/C34H52N8O10/c1-18(2)14-23(41-33(50)52-34(4,5)6)28(46)40-24(17-43)29(47)42-26(19(3)44)30(48)39-22(11-9-13-37-32(35)36)27(45)38-16-21-15-20-10-7-8-12-25(20)51-31(21)49/h7-8,10,12,15,18-19,22-24,26,43-44H,9,11,13-14,16-17H2,1-6H3,(H,38,45)(H,39,48)(H,40,46)(H,41,50)(H,42,47)(H4,35,36,37)/t19-,22+,23+,24+,26+/m1/s1. The number of ether oxygens (including phenoxy) is 1. The van der Waals surface area contributed by atoms with Gasteiger partial charge in [0.05, 0.1) is 24.8 Å². The molecule has 5 atom stereocenters. The molecule has 288 valence electrons. The van der Waals surface area contributed by atoms with Crippen LogP contribution in [0.25, 0.3) is 11.0 Å². The van der Waals surface area contributed by atoms with Crippen molar-refractivity contribution in [3.63, 3.8) is 0 Å². The van der Waals surface area contributed by atoms with Gasteiger partial charge in [-0.05, 0) is 65.0 Å². The fourth-order valence-corrected chi connectivity index (χ4v) is 4.85. The second kappa shape index (κ2) is 20.0. The van der Waals surface area contributed by atoms with E-state index < -0.39 is 77.8 Å². The maximum atomic E-state index is 13.4. The first-order valence-electron chi connectivity index (χ1n) is 16.9. The van der Waals surface area contributed by atoms with Gasteiger partial charge < -0.3 is 57.4 Å². The van der Waals surface area contributed by atoms with Gasteiger partial charge in [0.15, 0.2) is 5.96 Å². The van der Waals surface area contributed by atoms with Crippen molar-refractivity contribution in [3.8, 4) is 0 Å². The molecule has 18 nitrogen and oxygen atoms in total. The minimum Gasteiger partial charge on any atom is -0.444 e. The predicted octanol–water partition coefficient (Wildman–Crippen LogP) is -0.770. The third-order valence-corrected chi connectivity index (χ3v) is 7.34. The van der Waals surface area contributed by atoms with Crippen LogP contribution in [0.15, 0.2) is 44.5 Å². The van der Waals surface area contributed by atoms with E-state index in [1.807, 2.05) is 13.8 Å². The molecule has 0 unspecified atom stereocenters. The van der Waals surface area contributed by atoms with Crippen molar-refractivity contribution in [1.29, 1.82) is 0 Å². The van der Waals surface area contributed by atoms with Crippen LogP contribution in [-0.2, 0) is 30.5 Å². The van der Waals surface area contributed by atoms with Crippen LogP contribution in [0.2, 0.25) is 0 Å². The number of para-hydroxylation sites is 1. The van der Waals surface area contributed by atoms with E-state index >= 15 is 0 Å². The quantitative estimate of drug-likeness (QED) is 0.0395. The van der Waals surface area contributed by atoms with Gasteiger partial charge in [-0.15, -0.1) is 0 Å². The second-order valence-corrected chi connectivity index (χ2v) is 13.6. The molecule has 0 spiro atoms. The van der Waals surface area contributed by atoms with Gasteiger partial charge in [-0.3, -0.25) is 24.2 Å². The molecule has 0 fully saturated rings. The van der Waals surface area contributed by atoms with Gasteiger partial charge in [0.2, 0.25) is 23.6 Å². The zero-order chi connectivity index (χ0) is 39.2. The van der Waals surface area contributed by atoms with Crippen molar-refractivity contribution in [2.45, 2.75) is 103 Å². The number of hydrogen-bond donors (Lipinski definition) is 9. The number of hydrogen-bond acceptors (Lipinski definition) is 11. The Morgan fingerprint density at radius 3 is 2.13 bits per heavy atom. The van der Waals surface area contributed by atoms with E-state index in [-0.39, 0.29) is 49.8 Å². The summed E-state index contributed by atoms with van der Waals surface area (Å²) in [6.07, 6.45) is -1.95. The molecule has 0 bridgehead atoms. The molecule has 11 N–H and O–H groups in total. The SMILES string of the molecule is CC(C)C[C@H](NC(=O)OC(C)(C)C)C(=O)N[C@@H](CO)C(=O)N[C@H](C(=O)N[C@@H](CCCN=C(N)N)C(=O)NCc1cc2ccccc2oc1=O)[C@@H](C)O. The molecule has 1 heterocycles. The lowest BCUT2D eigenvalue weighted by atomic mass is 10.0. The molecule has 18 heteroatoms. The summed E-state index contributed by atoms with van der Waals surface area (Å²) >= 11 is 0. The summed E-state index contributed by atoms with van der Waals surface area (Å²) in [6.45, 7) is 8.78. The first-order valence-corrected chi connectivity index (χ1v) is 16.9. The van der Waals surface area contributed by atoms with Crippen LogP contribution in [0, 0.1) is 5.92 Å². The van der Waals surface area contributed by atoms with Gasteiger partial charge >= 0.3 is 11.7 Å². The maximum absolute atomic E-state index is 13.4. The first-order chi connectivity index (χ1) is 24.3. The smallest absolute Gasteiger partial charge is 0.408 e. The van der Waals surface area contributed by atoms with Crippen molar-refractivity contribution >= 4 is 46.7 Å². The van der Waals surface area contributed by atoms with Gasteiger partial charge in [0, 0.05) is 11.9 Å². The Labute approximate surface area is 301 Å². The molecule has 5 amide bonds. The summed E-state index contributed by atoms with van der Waals surface area (Å²) in [4.78, 5) is 81.9. The number of aliphatic hydroxyl groups excluding tert-OH is 2. The number of rotatable bonds is 18. The van der Waals surface area contributed by atoms with Gasteiger partial charge in [-0.25, -0.2) is 9.59 Å². The second-order valence-electron chi connectivity index (χ2n) is 13.6. The fraction of sp³-hybridized carbons (Fsp3) is 0.559. The molecule has 52 heavy (non-hydrogen) atoms. The monoisotopic (exact) mass is 732 g/mol. The zero-order valence-electron chi connectivity index (χ0n) is 30.4. The molecular weight excluding hydrogens is 680 g/mol. The number of nitrogens with one attached hydrogen (secondary N) is 5. The Bertz CT molecular complexity index is 1630. The molecule has 1 aromatic heterocycles.